The van der Waals surface area contributed by atoms with Crippen molar-refractivity contribution in [3.05, 3.63) is 40.0 Å². The van der Waals surface area contributed by atoms with Gasteiger partial charge in [-0.2, -0.15) is 0 Å². The summed E-state index contributed by atoms with van der Waals surface area (Å²) in [7, 11) is 0. The normalized spacial score (nSPS) is 12.1. The third-order valence-electron chi connectivity index (χ3n) is 2.33. The average Bonchev–Trinajstić information content (AvgIpc) is 2.77. The molecule has 18 heavy (non-hydrogen) atoms. The lowest BCUT2D eigenvalue weighted by Gasteiger charge is -2.14. The molecular formula is C12H13N3O2S. The molecule has 2 aromatic rings. The smallest absolute Gasteiger partial charge is 0.331 e. The predicted molar refractivity (Wildman–Crippen MR) is 69.8 cm³/mol. The number of nitrogens with one attached hydrogen (secondary N) is 1. The van der Waals surface area contributed by atoms with Crippen LogP contribution in [0.3, 0.4) is 0 Å². The van der Waals surface area contributed by atoms with E-state index in [1.54, 1.807) is 19.1 Å². The Labute approximate surface area is 109 Å². The molecule has 0 aliphatic carbocycles. The van der Waals surface area contributed by atoms with Gasteiger partial charge in [0, 0.05) is 16.6 Å². The first-order valence-electron chi connectivity index (χ1n) is 5.41. The summed E-state index contributed by atoms with van der Waals surface area (Å²) < 4.78 is 0. The van der Waals surface area contributed by atoms with Crippen molar-refractivity contribution in [1.29, 1.82) is 0 Å². The Hall–Kier alpha value is -1.95. The minimum atomic E-state index is -0.925. The first kappa shape index (κ1) is 12.5. The van der Waals surface area contributed by atoms with Crippen LogP contribution in [0.25, 0.3) is 0 Å². The van der Waals surface area contributed by atoms with Crippen LogP contribution in [-0.2, 0) is 4.79 Å². The second-order valence-electron chi connectivity index (χ2n) is 3.87. The molecule has 2 aromatic heterocycles. The Morgan fingerprint density at radius 1 is 1.44 bits per heavy atom. The zero-order chi connectivity index (χ0) is 13.1. The van der Waals surface area contributed by atoms with Crippen molar-refractivity contribution in [3.63, 3.8) is 0 Å². The maximum absolute atomic E-state index is 11.3. The number of nitrogens with zero attached hydrogens (tertiary/aromatic N) is 2. The fourth-order valence-corrected chi connectivity index (χ4v) is 2.42. The summed E-state index contributed by atoms with van der Waals surface area (Å²) in [5.41, 5.74) is 0.806. The van der Waals surface area contributed by atoms with Crippen LogP contribution in [0.15, 0.2) is 23.6 Å². The number of anilines is 1. The molecule has 1 atom stereocenters. The lowest BCUT2D eigenvalue weighted by Crippen LogP contribution is -2.20. The summed E-state index contributed by atoms with van der Waals surface area (Å²) in [6.07, 6.45) is 0. The highest BCUT2D eigenvalue weighted by Gasteiger charge is 2.21. The van der Waals surface area contributed by atoms with Gasteiger partial charge in [-0.1, -0.05) is 6.07 Å². The second kappa shape index (κ2) is 5.14. The predicted octanol–water partition coefficient (Wildman–Crippen LogP) is 2.39. The first-order valence-corrected chi connectivity index (χ1v) is 6.29. The largest absolute Gasteiger partial charge is 0.479 e. The summed E-state index contributed by atoms with van der Waals surface area (Å²) in [6.45, 7) is 3.62. The Bertz CT molecular complexity index is 534. The van der Waals surface area contributed by atoms with E-state index in [0.717, 1.165) is 10.6 Å². The van der Waals surface area contributed by atoms with Crippen molar-refractivity contribution in [2.75, 3.05) is 5.32 Å². The van der Waals surface area contributed by atoms with E-state index < -0.39 is 12.0 Å². The molecule has 0 aromatic carbocycles. The van der Waals surface area contributed by atoms with Gasteiger partial charge < -0.3 is 10.4 Å². The number of thiophene rings is 1. The molecule has 2 heterocycles. The summed E-state index contributed by atoms with van der Waals surface area (Å²) in [5.74, 6) is 0.222. The van der Waals surface area contributed by atoms with Crippen LogP contribution in [0.2, 0.25) is 0 Å². The van der Waals surface area contributed by atoms with Crippen LogP contribution in [0.4, 0.5) is 5.82 Å². The number of hydrogen-bond donors (Lipinski definition) is 2. The van der Waals surface area contributed by atoms with Gasteiger partial charge in [-0.05, 0) is 25.3 Å². The third-order valence-corrected chi connectivity index (χ3v) is 3.27. The Morgan fingerprint density at radius 2 is 2.22 bits per heavy atom. The van der Waals surface area contributed by atoms with Gasteiger partial charge in [0.25, 0.3) is 0 Å². The van der Waals surface area contributed by atoms with Gasteiger partial charge in [0.2, 0.25) is 0 Å². The molecule has 1 unspecified atom stereocenters. The van der Waals surface area contributed by atoms with Crippen LogP contribution in [-0.4, -0.2) is 21.0 Å². The third kappa shape index (κ3) is 2.84. The highest BCUT2D eigenvalue weighted by atomic mass is 32.1. The average molecular weight is 263 g/mol. The summed E-state index contributed by atoms with van der Waals surface area (Å²) in [4.78, 5) is 20.4. The number of rotatable bonds is 4. The number of carboxylic acids is 1. The lowest BCUT2D eigenvalue weighted by molar-refractivity contribution is -0.138. The van der Waals surface area contributed by atoms with Crippen molar-refractivity contribution < 1.29 is 9.90 Å². The fourth-order valence-electron chi connectivity index (χ4n) is 1.65. The van der Waals surface area contributed by atoms with Crippen molar-refractivity contribution in [2.45, 2.75) is 19.9 Å². The quantitative estimate of drug-likeness (QED) is 0.886. The minimum absolute atomic E-state index is 0.529. The minimum Gasteiger partial charge on any atom is -0.479 e. The van der Waals surface area contributed by atoms with E-state index in [0.29, 0.717) is 11.6 Å². The van der Waals surface area contributed by atoms with E-state index in [2.05, 4.69) is 15.3 Å². The first-order chi connectivity index (χ1) is 8.56. The molecule has 6 heteroatoms. The Balaban J connectivity index is 2.27. The van der Waals surface area contributed by atoms with E-state index in [1.165, 1.54) is 11.3 Å². The molecule has 94 valence electrons. The van der Waals surface area contributed by atoms with Crippen molar-refractivity contribution in [2.24, 2.45) is 0 Å². The van der Waals surface area contributed by atoms with Crippen LogP contribution >= 0.6 is 11.3 Å². The topological polar surface area (TPSA) is 75.1 Å². The van der Waals surface area contributed by atoms with E-state index in [1.807, 2.05) is 18.4 Å². The highest BCUT2D eigenvalue weighted by molar-refractivity contribution is 7.10. The van der Waals surface area contributed by atoms with Crippen LogP contribution in [0, 0.1) is 13.8 Å². The molecule has 0 radical (unpaired) electrons. The van der Waals surface area contributed by atoms with E-state index >= 15 is 0 Å². The highest BCUT2D eigenvalue weighted by Crippen LogP contribution is 2.23. The zero-order valence-electron chi connectivity index (χ0n) is 10.0. The molecule has 0 saturated carbocycles. The molecule has 0 spiro atoms. The molecule has 5 nitrogen and oxygen atoms in total. The molecule has 0 aliphatic rings. The molecule has 2 N–H and O–H groups in total. The van der Waals surface area contributed by atoms with Crippen LogP contribution < -0.4 is 5.32 Å². The van der Waals surface area contributed by atoms with Crippen LogP contribution in [0.1, 0.15) is 22.4 Å². The van der Waals surface area contributed by atoms with Crippen LogP contribution in [0.5, 0.6) is 0 Å². The molecule has 0 bridgehead atoms. The molecule has 0 amide bonds. The number of carbonyl (C=O) groups is 1. The van der Waals surface area contributed by atoms with Gasteiger partial charge in [-0.15, -0.1) is 11.3 Å². The van der Waals surface area contributed by atoms with Crippen molar-refractivity contribution >= 4 is 23.1 Å². The molecule has 0 saturated heterocycles. The molecule has 0 aliphatic heterocycles. The van der Waals surface area contributed by atoms with Gasteiger partial charge >= 0.3 is 5.97 Å². The Morgan fingerprint density at radius 3 is 2.78 bits per heavy atom. The number of aliphatic carboxylic acids is 1. The maximum Gasteiger partial charge on any atom is 0.331 e. The zero-order valence-corrected chi connectivity index (χ0v) is 10.9. The van der Waals surface area contributed by atoms with Gasteiger partial charge in [0.1, 0.15) is 11.6 Å². The van der Waals surface area contributed by atoms with Crippen molar-refractivity contribution in [3.8, 4) is 0 Å². The van der Waals surface area contributed by atoms with E-state index in [9.17, 15) is 9.90 Å². The number of aryl methyl sites for hydroxylation is 2. The maximum atomic E-state index is 11.3. The van der Waals surface area contributed by atoms with E-state index in [-0.39, 0.29) is 0 Å². The number of aromatic nitrogens is 2. The van der Waals surface area contributed by atoms with Gasteiger partial charge in [0.05, 0.1) is 0 Å². The van der Waals surface area contributed by atoms with Gasteiger partial charge in [-0.25, -0.2) is 14.8 Å². The van der Waals surface area contributed by atoms with Gasteiger partial charge in [-0.3, -0.25) is 0 Å². The summed E-state index contributed by atoms with van der Waals surface area (Å²) >= 11 is 1.40. The second-order valence-corrected chi connectivity index (χ2v) is 4.85. The SMILES string of the molecule is Cc1cc(NC(C(=O)O)c2cccs2)nc(C)n1. The Kier molecular flexibility index (Phi) is 3.57. The molecule has 2 rings (SSSR count). The van der Waals surface area contributed by atoms with Gasteiger partial charge in [0.15, 0.2) is 6.04 Å². The standard InChI is InChI=1S/C12H13N3O2S/c1-7-6-10(14-8(2)13-7)15-11(12(16)17)9-4-3-5-18-9/h3-6,11H,1-2H3,(H,16,17)(H,13,14,15). The van der Waals surface area contributed by atoms with E-state index in [4.69, 9.17) is 0 Å². The fraction of sp³-hybridized carbons (Fsp3) is 0.250. The number of carboxylic acid groups (broad SMARTS) is 1. The summed E-state index contributed by atoms with van der Waals surface area (Å²) in [5, 5.41) is 14.0. The molecule has 0 fully saturated rings. The number of hydrogen-bond acceptors (Lipinski definition) is 5. The molecular weight excluding hydrogens is 250 g/mol. The monoisotopic (exact) mass is 263 g/mol. The van der Waals surface area contributed by atoms with Crippen molar-refractivity contribution in [1.82, 2.24) is 9.97 Å². The summed E-state index contributed by atoms with van der Waals surface area (Å²) in [6, 6.07) is 4.57. The lowest BCUT2D eigenvalue weighted by atomic mass is 10.2.